The number of rotatable bonds is 6. The van der Waals surface area contributed by atoms with Crippen molar-refractivity contribution in [2.45, 2.75) is 36.5 Å². The van der Waals surface area contributed by atoms with Crippen LogP contribution in [-0.2, 0) is 17.1 Å². The lowest BCUT2D eigenvalue weighted by atomic mass is 10.0. The van der Waals surface area contributed by atoms with Crippen LogP contribution in [0.25, 0.3) is 11.4 Å². The Balaban J connectivity index is 1.29. The van der Waals surface area contributed by atoms with E-state index < -0.39 is 33.8 Å². The Morgan fingerprint density at radius 1 is 1.07 bits per heavy atom. The first-order chi connectivity index (χ1) is 19.6. The van der Waals surface area contributed by atoms with Gasteiger partial charge in [0.2, 0.25) is 0 Å². The van der Waals surface area contributed by atoms with Crippen LogP contribution in [0.2, 0.25) is 0 Å². The predicted molar refractivity (Wildman–Crippen MR) is 145 cm³/mol. The van der Waals surface area contributed by atoms with Crippen LogP contribution in [0.4, 0.5) is 26.1 Å². The van der Waals surface area contributed by atoms with Gasteiger partial charge in [0.15, 0.2) is 5.82 Å². The number of pyridine rings is 1. The summed E-state index contributed by atoms with van der Waals surface area (Å²) in [5.74, 6) is 3.60. The van der Waals surface area contributed by atoms with Gasteiger partial charge in [0.1, 0.15) is 17.7 Å². The van der Waals surface area contributed by atoms with Crippen molar-refractivity contribution in [1.29, 1.82) is 0 Å². The highest BCUT2D eigenvalue weighted by Gasteiger charge is 2.44. The van der Waals surface area contributed by atoms with Gasteiger partial charge in [0.25, 0.3) is 15.9 Å². The maximum Gasteiger partial charge on any atom is 0.290 e. The van der Waals surface area contributed by atoms with Crippen LogP contribution in [0, 0.1) is 11.8 Å². The molecule has 6 rings (SSSR count). The van der Waals surface area contributed by atoms with Crippen molar-refractivity contribution in [3.05, 3.63) is 60.4 Å². The molecule has 2 N–H and O–H groups in total. The SMILES string of the molecule is Cn1cc(C#Cc2cnc(Nc3ccnc(-c4cnn(S(=O)(=O)C5CC5)c4)n3)cc2N2CCC(O)C(F)(F)C2)cn1. The number of aliphatic hydroxyl groups is 1. The standard InChI is InChI=1S/C26H25F2N9O3S/c1-35-14-17(11-31-35)2-3-18-12-30-24(10-21(18)36-9-7-22(38)26(27,28)16-36)33-23-6-8-29-25(34-23)19-13-32-37(15-19)41(39,40)20-4-5-20/h6,8,10-15,20,22,38H,4-5,7,9,16H2,1H3,(H,29,30,33,34). The molecule has 1 aliphatic carbocycles. The van der Waals surface area contributed by atoms with Crippen LogP contribution in [0.1, 0.15) is 30.4 Å². The van der Waals surface area contributed by atoms with Crippen molar-refractivity contribution in [1.82, 2.24) is 33.9 Å². The smallest absolute Gasteiger partial charge is 0.290 e. The second-order valence-corrected chi connectivity index (χ2v) is 12.0. The summed E-state index contributed by atoms with van der Waals surface area (Å²) < 4.78 is 56.5. The van der Waals surface area contributed by atoms with Crippen molar-refractivity contribution in [2.75, 3.05) is 23.3 Å². The molecule has 212 valence electrons. The van der Waals surface area contributed by atoms with Gasteiger partial charge in [-0.1, -0.05) is 11.8 Å². The van der Waals surface area contributed by atoms with Gasteiger partial charge in [-0.05, 0) is 25.3 Å². The minimum absolute atomic E-state index is 0.104. The number of hydrogen-bond donors (Lipinski definition) is 2. The number of aliphatic hydroxyl groups excluding tert-OH is 1. The number of nitrogens with one attached hydrogen (secondary N) is 1. The fourth-order valence-electron chi connectivity index (χ4n) is 4.41. The van der Waals surface area contributed by atoms with E-state index in [0.29, 0.717) is 46.9 Å². The third-order valence-electron chi connectivity index (χ3n) is 6.77. The van der Waals surface area contributed by atoms with Crippen LogP contribution < -0.4 is 10.2 Å². The molecule has 5 heterocycles. The van der Waals surface area contributed by atoms with Gasteiger partial charge in [0, 0.05) is 38.2 Å². The Hall–Kier alpha value is -4.42. The summed E-state index contributed by atoms with van der Waals surface area (Å²) in [7, 11) is -1.77. The first-order valence-corrected chi connectivity index (χ1v) is 14.3. The van der Waals surface area contributed by atoms with E-state index in [-0.39, 0.29) is 18.8 Å². The molecule has 4 aromatic heterocycles. The molecule has 2 fully saturated rings. The summed E-state index contributed by atoms with van der Waals surface area (Å²) in [5.41, 5.74) is 1.93. The van der Waals surface area contributed by atoms with Crippen LogP contribution in [-0.4, -0.2) is 77.8 Å². The van der Waals surface area contributed by atoms with E-state index in [0.717, 1.165) is 4.09 Å². The second-order valence-electron chi connectivity index (χ2n) is 9.96. The van der Waals surface area contributed by atoms with E-state index in [1.807, 2.05) is 0 Å². The molecule has 0 bridgehead atoms. The van der Waals surface area contributed by atoms with E-state index in [4.69, 9.17) is 0 Å². The number of nitrogens with zero attached hydrogens (tertiary/aromatic N) is 8. The second kappa shape index (κ2) is 10.2. The number of halogens is 2. The maximum atomic E-state index is 14.5. The fraction of sp³-hybridized carbons (Fsp3) is 0.346. The Bertz CT molecular complexity index is 1770. The summed E-state index contributed by atoms with van der Waals surface area (Å²) in [6.07, 6.45) is 8.49. The average molecular weight is 582 g/mol. The van der Waals surface area contributed by atoms with Crippen LogP contribution in [0.5, 0.6) is 0 Å². The molecular formula is C26H25F2N9O3S. The molecule has 15 heteroatoms. The first-order valence-electron chi connectivity index (χ1n) is 12.8. The molecule has 0 amide bonds. The van der Waals surface area contributed by atoms with Crippen molar-refractivity contribution in [3.63, 3.8) is 0 Å². The van der Waals surface area contributed by atoms with Gasteiger partial charge in [0.05, 0.1) is 52.8 Å². The summed E-state index contributed by atoms with van der Waals surface area (Å²) >= 11 is 0. The molecule has 2 aliphatic rings. The predicted octanol–water partition coefficient (Wildman–Crippen LogP) is 2.16. The van der Waals surface area contributed by atoms with Crippen LogP contribution >= 0.6 is 0 Å². The molecule has 1 aliphatic heterocycles. The molecule has 0 spiro atoms. The highest BCUT2D eigenvalue weighted by molar-refractivity contribution is 7.90. The average Bonchev–Trinajstić information content (AvgIpc) is 3.54. The fourth-order valence-corrected chi connectivity index (χ4v) is 5.88. The number of piperidine rings is 1. The van der Waals surface area contributed by atoms with E-state index in [1.54, 1.807) is 36.3 Å². The Labute approximate surface area is 234 Å². The summed E-state index contributed by atoms with van der Waals surface area (Å²) in [6.45, 7) is -0.474. The normalized spacial score (nSPS) is 18.5. The molecule has 1 atom stereocenters. The molecule has 1 unspecified atom stereocenters. The van der Waals surface area contributed by atoms with E-state index in [2.05, 4.69) is 42.3 Å². The molecule has 1 saturated heterocycles. The first kappa shape index (κ1) is 26.8. The Morgan fingerprint density at radius 3 is 2.63 bits per heavy atom. The van der Waals surface area contributed by atoms with Gasteiger partial charge in [-0.2, -0.15) is 14.3 Å². The maximum absolute atomic E-state index is 14.5. The zero-order valence-electron chi connectivity index (χ0n) is 21.8. The number of anilines is 3. The lowest BCUT2D eigenvalue weighted by Crippen LogP contribution is -2.51. The Morgan fingerprint density at radius 2 is 1.90 bits per heavy atom. The van der Waals surface area contributed by atoms with Crippen molar-refractivity contribution in [3.8, 4) is 23.2 Å². The van der Waals surface area contributed by atoms with E-state index in [9.17, 15) is 22.3 Å². The summed E-state index contributed by atoms with van der Waals surface area (Å²) in [4.78, 5) is 14.6. The van der Waals surface area contributed by atoms with E-state index in [1.165, 1.54) is 29.7 Å². The van der Waals surface area contributed by atoms with Gasteiger partial charge in [-0.15, -0.1) is 0 Å². The Kier molecular flexibility index (Phi) is 6.66. The summed E-state index contributed by atoms with van der Waals surface area (Å²) in [6, 6.07) is 3.20. The van der Waals surface area contributed by atoms with Gasteiger partial charge < -0.3 is 15.3 Å². The molecular weight excluding hydrogens is 556 g/mol. The minimum atomic E-state index is -3.53. The van der Waals surface area contributed by atoms with E-state index >= 15 is 0 Å². The number of aryl methyl sites for hydroxylation is 1. The third-order valence-corrected chi connectivity index (χ3v) is 8.80. The molecule has 12 nitrogen and oxygen atoms in total. The topological polar surface area (TPSA) is 144 Å². The number of hydrogen-bond acceptors (Lipinski definition) is 10. The summed E-state index contributed by atoms with van der Waals surface area (Å²) in [5, 5.41) is 20.5. The minimum Gasteiger partial charge on any atom is -0.387 e. The molecule has 1 saturated carbocycles. The van der Waals surface area contributed by atoms with Gasteiger partial charge >= 0.3 is 0 Å². The highest BCUT2D eigenvalue weighted by Crippen LogP contribution is 2.34. The third kappa shape index (κ3) is 5.61. The van der Waals surface area contributed by atoms with Crippen LogP contribution in [0.15, 0.2) is 49.3 Å². The van der Waals surface area contributed by atoms with Gasteiger partial charge in [-0.3, -0.25) is 4.68 Å². The molecule has 0 radical (unpaired) electrons. The molecule has 4 aromatic rings. The number of alkyl halides is 2. The van der Waals surface area contributed by atoms with Crippen molar-refractivity contribution >= 4 is 27.3 Å². The molecule has 41 heavy (non-hydrogen) atoms. The zero-order valence-corrected chi connectivity index (χ0v) is 22.6. The quantitative estimate of drug-likeness (QED) is 0.325. The monoisotopic (exact) mass is 581 g/mol. The van der Waals surface area contributed by atoms with Crippen molar-refractivity contribution in [2.24, 2.45) is 7.05 Å². The largest absolute Gasteiger partial charge is 0.387 e. The van der Waals surface area contributed by atoms with Gasteiger partial charge in [-0.25, -0.2) is 32.2 Å². The molecule has 0 aromatic carbocycles. The lowest BCUT2D eigenvalue weighted by molar-refractivity contribution is -0.113. The zero-order chi connectivity index (χ0) is 28.8. The number of aromatic nitrogens is 7. The van der Waals surface area contributed by atoms with Crippen LogP contribution in [0.3, 0.4) is 0 Å². The lowest BCUT2D eigenvalue weighted by Gasteiger charge is -2.37. The highest BCUT2D eigenvalue weighted by atomic mass is 32.2. The van der Waals surface area contributed by atoms with Crippen molar-refractivity contribution < 1.29 is 22.3 Å².